The van der Waals surface area contributed by atoms with Gasteiger partial charge in [0, 0.05) is 35.4 Å². The Bertz CT molecular complexity index is 1720. The van der Waals surface area contributed by atoms with Gasteiger partial charge in [0.25, 0.3) is 0 Å². The van der Waals surface area contributed by atoms with E-state index in [1.807, 2.05) is 24.3 Å². The fraction of sp³-hybridized carbons (Fsp3) is 0.756. The third-order valence-corrected chi connectivity index (χ3v) is 17.6. The van der Waals surface area contributed by atoms with Gasteiger partial charge >= 0.3 is 11.9 Å². The second kappa shape index (κ2) is 12.6. The lowest BCUT2D eigenvalue weighted by Crippen LogP contribution is -2.65. The van der Waals surface area contributed by atoms with Crippen LogP contribution < -0.4 is 0 Å². The molecule has 6 aliphatic carbocycles. The molecule has 1 spiro atoms. The van der Waals surface area contributed by atoms with E-state index in [1.54, 1.807) is 13.8 Å². The number of allylic oxidation sites excluding steroid dienone is 1. The number of rotatable bonds is 10. The number of hydrogen-bond acceptors (Lipinski definition) is 6. The first-order valence-corrected chi connectivity index (χ1v) is 20.8. The van der Waals surface area contributed by atoms with Gasteiger partial charge in [-0.05, 0) is 141 Å². The number of carbonyl (C=O) groups is 3. The summed E-state index contributed by atoms with van der Waals surface area (Å²) in [4.78, 5) is 41.2. The highest BCUT2D eigenvalue weighted by atomic mass is 35.5. The summed E-state index contributed by atoms with van der Waals surface area (Å²) < 4.78 is 6.21. The van der Waals surface area contributed by atoms with Gasteiger partial charge in [-0.15, -0.1) is 0 Å². The minimum absolute atomic E-state index is 0.00389. The van der Waals surface area contributed by atoms with Crippen LogP contribution >= 0.6 is 11.6 Å². The third-order valence-electron chi connectivity index (χ3n) is 17.3. The number of benzene rings is 1. The summed E-state index contributed by atoms with van der Waals surface area (Å²) in [6.07, 6.45) is 8.55. The van der Waals surface area contributed by atoms with Gasteiger partial charge in [0.15, 0.2) is 5.78 Å². The minimum Gasteiger partial charge on any atom is -0.481 e. The molecule has 1 aromatic carbocycles. The molecule has 0 radical (unpaired) electrons. The molecule has 7 rings (SSSR count). The number of fused-ring (bicyclic) bond motifs is 6. The first-order valence-electron chi connectivity index (χ1n) is 20.4. The molecule has 1 aromatic rings. The van der Waals surface area contributed by atoms with Crippen LogP contribution in [-0.2, 0) is 25.7 Å². The number of likely N-dealkylation sites (N-methyl/N-ethyl adjacent to an activating group) is 1. The van der Waals surface area contributed by atoms with Crippen LogP contribution in [0, 0.1) is 55.7 Å². The number of aliphatic hydroxyl groups is 1. The number of ketones is 1. The Hall–Kier alpha value is -2.22. The minimum atomic E-state index is -1.15. The van der Waals surface area contributed by atoms with E-state index in [2.05, 4.69) is 53.5 Å². The number of ether oxygens (including phenoxy) is 1. The molecule has 292 valence electrons. The number of carbonyl (C=O) groups excluding carboxylic acids is 2. The van der Waals surface area contributed by atoms with Crippen molar-refractivity contribution in [2.75, 3.05) is 13.6 Å². The summed E-state index contributed by atoms with van der Waals surface area (Å²) in [5.41, 5.74) is 1.95. The number of carboxylic acid groups (broad SMARTS) is 1. The molecule has 0 amide bonds. The topological polar surface area (TPSA) is 104 Å². The van der Waals surface area contributed by atoms with Crippen molar-refractivity contribution < 1.29 is 29.3 Å². The summed E-state index contributed by atoms with van der Waals surface area (Å²) >= 11 is 6.15. The van der Waals surface area contributed by atoms with E-state index in [-0.39, 0.29) is 57.2 Å². The lowest BCUT2D eigenvalue weighted by molar-refractivity contribution is -0.220. The van der Waals surface area contributed by atoms with Crippen molar-refractivity contribution in [1.29, 1.82) is 0 Å². The molecular formula is C45H64ClNO6. The van der Waals surface area contributed by atoms with Crippen molar-refractivity contribution in [3.05, 3.63) is 46.0 Å². The van der Waals surface area contributed by atoms with E-state index in [1.165, 1.54) is 5.57 Å². The van der Waals surface area contributed by atoms with Crippen LogP contribution in [0.1, 0.15) is 132 Å². The molecule has 5 fully saturated rings. The van der Waals surface area contributed by atoms with Gasteiger partial charge in [0.05, 0.1) is 17.9 Å². The lowest BCUT2D eigenvalue weighted by Gasteiger charge is -2.71. The highest BCUT2D eigenvalue weighted by Gasteiger charge is 2.82. The van der Waals surface area contributed by atoms with E-state index in [0.717, 1.165) is 68.9 Å². The first-order chi connectivity index (χ1) is 24.6. The Labute approximate surface area is 322 Å². The van der Waals surface area contributed by atoms with E-state index < -0.39 is 28.9 Å². The van der Waals surface area contributed by atoms with E-state index in [9.17, 15) is 24.6 Å². The Morgan fingerprint density at radius 3 is 2.25 bits per heavy atom. The number of hydrogen-bond donors (Lipinski definition) is 2. The lowest BCUT2D eigenvalue weighted by atomic mass is 9.33. The molecule has 53 heavy (non-hydrogen) atoms. The summed E-state index contributed by atoms with van der Waals surface area (Å²) in [5, 5.41) is 22.7. The zero-order chi connectivity index (χ0) is 38.7. The molecule has 10 atom stereocenters. The van der Waals surface area contributed by atoms with E-state index >= 15 is 0 Å². The van der Waals surface area contributed by atoms with Crippen LogP contribution in [0.5, 0.6) is 0 Å². The van der Waals surface area contributed by atoms with Gasteiger partial charge in [-0.25, -0.2) is 0 Å². The van der Waals surface area contributed by atoms with Gasteiger partial charge in [0.1, 0.15) is 6.10 Å². The smallest absolute Gasteiger partial charge is 0.309 e. The molecule has 0 bridgehead atoms. The molecule has 2 N–H and O–H groups in total. The molecule has 0 heterocycles. The van der Waals surface area contributed by atoms with Crippen LogP contribution in [0.4, 0.5) is 0 Å². The second-order valence-electron chi connectivity index (χ2n) is 20.6. The predicted molar refractivity (Wildman–Crippen MR) is 207 cm³/mol. The quantitative estimate of drug-likeness (QED) is 0.230. The third kappa shape index (κ3) is 5.50. The predicted octanol–water partition coefficient (Wildman–Crippen LogP) is 9.28. The van der Waals surface area contributed by atoms with Crippen molar-refractivity contribution in [3.8, 4) is 0 Å². The average Bonchev–Trinajstić information content (AvgIpc) is 3.59. The maximum Gasteiger partial charge on any atom is 0.309 e. The summed E-state index contributed by atoms with van der Waals surface area (Å²) in [6, 6.07) is 7.90. The summed E-state index contributed by atoms with van der Waals surface area (Å²) in [6.45, 7) is 18.7. The van der Waals surface area contributed by atoms with Crippen molar-refractivity contribution in [3.63, 3.8) is 0 Å². The van der Waals surface area contributed by atoms with E-state index in [0.29, 0.717) is 30.5 Å². The number of aliphatic hydroxyl groups excluding tert-OH is 1. The Morgan fingerprint density at radius 2 is 1.60 bits per heavy atom. The van der Waals surface area contributed by atoms with Crippen molar-refractivity contribution >= 4 is 29.3 Å². The highest BCUT2D eigenvalue weighted by molar-refractivity contribution is 6.30. The Kier molecular flexibility index (Phi) is 9.31. The van der Waals surface area contributed by atoms with E-state index in [4.69, 9.17) is 16.3 Å². The average molecular weight is 750 g/mol. The zero-order valence-corrected chi connectivity index (χ0v) is 34.5. The summed E-state index contributed by atoms with van der Waals surface area (Å²) in [7, 11) is 2.06. The monoisotopic (exact) mass is 749 g/mol. The molecule has 7 nitrogen and oxygen atoms in total. The van der Waals surface area contributed by atoms with Gasteiger partial charge in [0.2, 0.25) is 0 Å². The molecule has 0 saturated heterocycles. The molecule has 5 saturated carbocycles. The number of halogens is 1. The van der Waals surface area contributed by atoms with Gasteiger partial charge < -0.3 is 14.9 Å². The fourth-order valence-electron chi connectivity index (χ4n) is 14.2. The SMILES string of the molecule is CC(C)C1=C2[C@H]3CC[C@@H]4[C@@]5(C)CC[C@H](OC(=O)CC(C)(C)C(=O)O)C6(C)C[C@]65CC[C@@]4(C)[C@]3(C)CCC2(C(O)CN(C)Cc2ccc(Cl)cc2)CC1=O. The standard InChI is InChI=1S/C45H64ClNO6/c1-27(2)36-31(48)22-44(33(49)25-47(9)24-28-10-12-29(46)13-11-28)20-18-40(5)30(37(36)44)14-15-32-41(40,6)19-21-45-26-43(45,8)34(16-17-42(32,45)7)53-35(50)23-39(3,4)38(51)52/h10-13,27,30,32-34,49H,14-26H2,1-9H3,(H,51,52)/t30-,32+,33?,34+,40-,41-,42-,43?,44?,45+/m1/s1. The second-order valence-corrected chi connectivity index (χ2v) is 21.0. The fourth-order valence-corrected chi connectivity index (χ4v) is 14.3. The van der Waals surface area contributed by atoms with Crippen molar-refractivity contribution in [1.82, 2.24) is 4.90 Å². The van der Waals surface area contributed by atoms with Crippen LogP contribution in [0.3, 0.4) is 0 Å². The summed E-state index contributed by atoms with van der Waals surface area (Å²) in [5.74, 6) is -0.247. The van der Waals surface area contributed by atoms with Gasteiger partial charge in [-0.1, -0.05) is 70.8 Å². The number of esters is 1. The number of Topliss-reactive ketones (excluding diaryl/α,β-unsaturated/α-hetero) is 1. The van der Waals surface area contributed by atoms with Crippen LogP contribution in [0.25, 0.3) is 0 Å². The molecule has 3 unspecified atom stereocenters. The van der Waals surface area contributed by atoms with Gasteiger partial charge in [-0.3, -0.25) is 19.3 Å². The van der Waals surface area contributed by atoms with Gasteiger partial charge in [-0.2, -0.15) is 0 Å². The molecular weight excluding hydrogens is 686 g/mol. The number of carboxylic acids is 1. The number of aliphatic carboxylic acids is 1. The molecule has 6 aliphatic rings. The zero-order valence-electron chi connectivity index (χ0n) is 33.7. The Balaban J connectivity index is 1.15. The molecule has 0 aliphatic heterocycles. The van der Waals surface area contributed by atoms with Crippen molar-refractivity contribution in [2.24, 2.45) is 55.7 Å². The molecule has 8 heteroatoms. The number of nitrogens with zero attached hydrogens (tertiary/aromatic N) is 1. The maximum atomic E-state index is 14.1. The largest absolute Gasteiger partial charge is 0.481 e. The highest BCUT2D eigenvalue weighted by Crippen LogP contribution is 2.87. The van der Waals surface area contributed by atoms with Crippen LogP contribution in [0.15, 0.2) is 35.4 Å². The van der Waals surface area contributed by atoms with Crippen LogP contribution in [0.2, 0.25) is 5.02 Å². The Morgan fingerprint density at radius 1 is 0.943 bits per heavy atom. The maximum absolute atomic E-state index is 14.1. The molecule has 0 aromatic heterocycles. The normalized spacial score (nSPS) is 40.9. The first kappa shape index (κ1) is 39.0. The van der Waals surface area contributed by atoms with Crippen molar-refractivity contribution in [2.45, 2.75) is 145 Å². The van der Waals surface area contributed by atoms with Crippen LogP contribution in [-0.4, -0.2) is 58.6 Å².